The van der Waals surface area contributed by atoms with Crippen molar-refractivity contribution in [2.75, 3.05) is 6.54 Å². The zero-order valence-electron chi connectivity index (χ0n) is 9.48. The molecule has 0 spiro atoms. The first-order chi connectivity index (χ1) is 8.56. The molecule has 1 saturated heterocycles. The predicted molar refractivity (Wildman–Crippen MR) is 69.1 cm³/mol. The highest BCUT2D eigenvalue weighted by atomic mass is 79.9. The van der Waals surface area contributed by atoms with Gasteiger partial charge in [0.25, 0.3) is 5.69 Å². The molecule has 0 bridgehead atoms. The maximum atomic E-state index is 11.0. The Balaban J connectivity index is 1.99. The summed E-state index contributed by atoms with van der Waals surface area (Å²) in [6, 6.07) is 5.10. The number of hydrogen-bond donors (Lipinski definition) is 2. The normalized spacial score (nSPS) is 18.7. The van der Waals surface area contributed by atoms with Gasteiger partial charge in [0, 0.05) is 31.6 Å². The molecular formula is C11H12BrN3O3. The van der Waals surface area contributed by atoms with Crippen molar-refractivity contribution in [2.24, 2.45) is 0 Å². The molecule has 1 aliphatic rings. The van der Waals surface area contributed by atoms with E-state index in [0.29, 0.717) is 24.0 Å². The van der Waals surface area contributed by atoms with E-state index in [9.17, 15) is 14.9 Å². The van der Waals surface area contributed by atoms with Crippen molar-refractivity contribution in [3.8, 4) is 0 Å². The SMILES string of the molecule is O=C1CC(NCc2ccc(Br)c([N+](=O)[O-])c2)CN1. The van der Waals surface area contributed by atoms with Gasteiger partial charge in [0.05, 0.1) is 9.40 Å². The van der Waals surface area contributed by atoms with Gasteiger partial charge in [-0.2, -0.15) is 0 Å². The average molecular weight is 314 g/mol. The summed E-state index contributed by atoms with van der Waals surface area (Å²) < 4.78 is 0.467. The molecule has 1 unspecified atom stereocenters. The largest absolute Gasteiger partial charge is 0.354 e. The summed E-state index contributed by atoms with van der Waals surface area (Å²) in [4.78, 5) is 21.4. The van der Waals surface area contributed by atoms with Crippen LogP contribution in [0.15, 0.2) is 22.7 Å². The Morgan fingerprint density at radius 3 is 2.94 bits per heavy atom. The van der Waals surface area contributed by atoms with Gasteiger partial charge in [0.15, 0.2) is 0 Å². The van der Waals surface area contributed by atoms with Gasteiger partial charge in [-0.05, 0) is 27.6 Å². The summed E-state index contributed by atoms with van der Waals surface area (Å²) in [5.41, 5.74) is 0.874. The van der Waals surface area contributed by atoms with Gasteiger partial charge >= 0.3 is 0 Å². The standard InChI is InChI=1S/C11H12BrN3O3/c12-9-2-1-7(3-10(9)15(17)18)5-13-8-4-11(16)14-6-8/h1-3,8,13H,4-6H2,(H,14,16). The van der Waals surface area contributed by atoms with Crippen LogP contribution in [0.5, 0.6) is 0 Å². The molecule has 7 heteroatoms. The lowest BCUT2D eigenvalue weighted by Crippen LogP contribution is -2.30. The highest BCUT2D eigenvalue weighted by Crippen LogP contribution is 2.25. The molecule has 0 saturated carbocycles. The van der Waals surface area contributed by atoms with Crippen LogP contribution in [-0.2, 0) is 11.3 Å². The Morgan fingerprint density at radius 1 is 1.56 bits per heavy atom. The van der Waals surface area contributed by atoms with E-state index >= 15 is 0 Å². The minimum Gasteiger partial charge on any atom is -0.354 e. The van der Waals surface area contributed by atoms with E-state index in [2.05, 4.69) is 26.6 Å². The number of nitro benzene ring substituents is 1. The molecule has 2 rings (SSSR count). The van der Waals surface area contributed by atoms with Crippen molar-refractivity contribution in [1.29, 1.82) is 0 Å². The van der Waals surface area contributed by atoms with Gasteiger partial charge in [0.1, 0.15) is 0 Å². The Morgan fingerprint density at radius 2 is 2.33 bits per heavy atom. The fourth-order valence-corrected chi connectivity index (χ4v) is 2.21. The van der Waals surface area contributed by atoms with Crippen LogP contribution in [0.1, 0.15) is 12.0 Å². The van der Waals surface area contributed by atoms with Crippen molar-refractivity contribution in [1.82, 2.24) is 10.6 Å². The third-order valence-electron chi connectivity index (χ3n) is 2.78. The average Bonchev–Trinajstić information content (AvgIpc) is 2.74. The number of carbonyl (C=O) groups is 1. The number of carbonyl (C=O) groups excluding carboxylic acids is 1. The molecule has 1 atom stereocenters. The molecule has 96 valence electrons. The highest BCUT2D eigenvalue weighted by Gasteiger charge is 2.20. The molecule has 1 aliphatic heterocycles. The number of halogens is 1. The third kappa shape index (κ3) is 3.05. The van der Waals surface area contributed by atoms with Gasteiger partial charge in [0.2, 0.25) is 5.91 Å². The Labute approximate surface area is 112 Å². The molecule has 0 radical (unpaired) electrons. The quantitative estimate of drug-likeness (QED) is 0.649. The molecule has 1 heterocycles. The predicted octanol–water partition coefficient (Wildman–Crippen LogP) is 1.34. The Kier molecular flexibility index (Phi) is 3.93. The maximum absolute atomic E-state index is 11.0. The minimum absolute atomic E-state index is 0.0364. The summed E-state index contributed by atoms with van der Waals surface area (Å²) in [6.07, 6.45) is 0.457. The smallest absolute Gasteiger partial charge is 0.283 e. The summed E-state index contributed by atoms with van der Waals surface area (Å²) in [7, 11) is 0. The van der Waals surface area contributed by atoms with Gasteiger partial charge in [-0.15, -0.1) is 0 Å². The number of rotatable bonds is 4. The van der Waals surface area contributed by atoms with E-state index in [1.807, 2.05) is 6.07 Å². The summed E-state index contributed by atoms with van der Waals surface area (Å²) >= 11 is 3.14. The van der Waals surface area contributed by atoms with E-state index in [-0.39, 0.29) is 17.6 Å². The molecule has 2 N–H and O–H groups in total. The first-order valence-corrected chi connectivity index (χ1v) is 6.28. The third-order valence-corrected chi connectivity index (χ3v) is 3.45. The van der Waals surface area contributed by atoms with Crippen molar-refractivity contribution in [3.63, 3.8) is 0 Å². The molecular weight excluding hydrogens is 302 g/mol. The van der Waals surface area contributed by atoms with Crippen LogP contribution in [0.25, 0.3) is 0 Å². The molecule has 18 heavy (non-hydrogen) atoms. The number of hydrogen-bond acceptors (Lipinski definition) is 4. The van der Waals surface area contributed by atoms with Crippen LogP contribution in [0.3, 0.4) is 0 Å². The lowest BCUT2D eigenvalue weighted by Gasteiger charge is -2.10. The summed E-state index contributed by atoms with van der Waals surface area (Å²) in [5.74, 6) is 0.0364. The molecule has 1 aromatic rings. The van der Waals surface area contributed by atoms with Crippen LogP contribution < -0.4 is 10.6 Å². The van der Waals surface area contributed by atoms with Crippen LogP contribution >= 0.6 is 15.9 Å². The summed E-state index contributed by atoms with van der Waals surface area (Å²) in [6.45, 7) is 1.12. The van der Waals surface area contributed by atoms with Gasteiger partial charge in [-0.1, -0.05) is 6.07 Å². The van der Waals surface area contributed by atoms with E-state index in [1.54, 1.807) is 6.07 Å². The van der Waals surface area contributed by atoms with E-state index < -0.39 is 4.92 Å². The molecule has 1 fully saturated rings. The van der Waals surface area contributed by atoms with Crippen molar-refractivity contribution >= 4 is 27.5 Å². The highest BCUT2D eigenvalue weighted by molar-refractivity contribution is 9.10. The van der Waals surface area contributed by atoms with Gasteiger partial charge in [-0.3, -0.25) is 14.9 Å². The minimum atomic E-state index is -0.422. The number of nitrogens with one attached hydrogen (secondary N) is 2. The van der Waals surface area contributed by atoms with E-state index in [1.165, 1.54) is 6.07 Å². The molecule has 0 aromatic heterocycles. The molecule has 6 nitrogen and oxygen atoms in total. The van der Waals surface area contributed by atoms with Crippen molar-refractivity contribution in [2.45, 2.75) is 19.0 Å². The number of nitro groups is 1. The van der Waals surface area contributed by atoms with Crippen LogP contribution in [-0.4, -0.2) is 23.4 Å². The lowest BCUT2D eigenvalue weighted by molar-refractivity contribution is -0.385. The zero-order valence-corrected chi connectivity index (χ0v) is 11.1. The van der Waals surface area contributed by atoms with Gasteiger partial charge < -0.3 is 10.6 Å². The number of benzene rings is 1. The Bertz CT molecular complexity index is 492. The fraction of sp³-hybridized carbons (Fsp3) is 0.364. The molecule has 1 amide bonds. The van der Waals surface area contributed by atoms with Crippen LogP contribution in [0.4, 0.5) is 5.69 Å². The first-order valence-electron chi connectivity index (χ1n) is 5.49. The first kappa shape index (κ1) is 13.0. The van der Waals surface area contributed by atoms with Crippen LogP contribution in [0, 0.1) is 10.1 Å². The second kappa shape index (κ2) is 5.45. The van der Waals surface area contributed by atoms with Crippen molar-refractivity contribution < 1.29 is 9.72 Å². The summed E-state index contributed by atoms with van der Waals surface area (Å²) in [5, 5.41) is 16.7. The van der Waals surface area contributed by atoms with Gasteiger partial charge in [-0.25, -0.2) is 0 Å². The second-order valence-corrected chi connectivity index (χ2v) is 4.98. The van der Waals surface area contributed by atoms with Crippen LogP contribution in [0.2, 0.25) is 0 Å². The number of amides is 1. The van der Waals surface area contributed by atoms with E-state index in [4.69, 9.17) is 0 Å². The molecule has 1 aromatic carbocycles. The Hall–Kier alpha value is -1.47. The zero-order chi connectivity index (χ0) is 13.1. The van der Waals surface area contributed by atoms with Crippen molar-refractivity contribution in [3.05, 3.63) is 38.3 Å². The van der Waals surface area contributed by atoms with E-state index in [0.717, 1.165) is 5.56 Å². The molecule has 0 aliphatic carbocycles. The monoisotopic (exact) mass is 313 g/mol. The lowest BCUT2D eigenvalue weighted by atomic mass is 10.2. The number of nitrogens with zero attached hydrogens (tertiary/aromatic N) is 1. The second-order valence-electron chi connectivity index (χ2n) is 4.13. The topological polar surface area (TPSA) is 84.3 Å². The maximum Gasteiger partial charge on any atom is 0.283 e. The fourth-order valence-electron chi connectivity index (χ4n) is 1.82.